The third-order valence-corrected chi connectivity index (χ3v) is 4.91. The summed E-state index contributed by atoms with van der Waals surface area (Å²) in [6.45, 7) is 0.0390. The molecule has 1 fully saturated rings. The summed E-state index contributed by atoms with van der Waals surface area (Å²) < 4.78 is 28.0. The maximum absolute atomic E-state index is 12.2. The summed E-state index contributed by atoms with van der Waals surface area (Å²) in [6.07, 6.45) is 5.63. The van der Waals surface area contributed by atoms with Gasteiger partial charge in [0.05, 0.1) is 18.1 Å². The smallest absolute Gasteiger partial charge is 0.290 e. The van der Waals surface area contributed by atoms with Crippen molar-refractivity contribution >= 4 is 27.3 Å². The molecular weight excluding hydrogens is 290 g/mol. The van der Waals surface area contributed by atoms with Crippen molar-refractivity contribution in [2.45, 2.75) is 12.5 Å². The fourth-order valence-electron chi connectivity index (χ4n) is 2.06. The van der Waals surface area contributed by atoms with Crippen LogP contribution in [0.25, 0.3) is 0 Å². The molecule has 1 aliphatic heterocycles. The molecule has 0 N–H and O–H groups in total. The first kappa shape index (κ1) is 14.0. The Balaban J connectivity index is 2.21. The minimum Gasteiger partial charge on any atom is -0.440 e. The molecule has 0 bridgehead atoms. The van der Waals surface area contributed by atoms with E-state index >= 15 is 0 Å². The van der Waals surface area contributed by atoms with Crippen LogP contribution in [-0.2, 0) is 9.84 Å². The van der Waals surface area contributed by atoms with Crippen LogP contribution in [0.4, 0.5) is 0 Å². The molecule has 102 valence electrons. The Morgan fingerprint density at radius 2 is 2.32 bits per heavy atom. The van der Waals surface area contributed by atoms with Gasteiger partial charge in [0.25, 0.3) is 5.91 Å². The van der Waals surface area contributed by atoms with Gasteiger partial charge in [-0.2, -0.15) is 0 Å². The normalized spacial score (nSPS) is 20.9. The van der Waals surface area contributed by atoms with Crippen LogP contribution in [-0.4, -0.2) is 43.3 Å². The van der Waals surface area contributed by atoms with Gasteiger partial charge in [-0.15, -0.1) is 6.42 Å². The number of nitrogens with zero attached hydrogens (tertiary/aromatic N) is 1. The van der Waals surface area contributed by atoms with Gasteiger partial charge in [0.2, 0.25) is 0 Å². The molecule has 5 nitrogen and oxygen atoms in total. The molecule has 2 rings (SSSR count). The highest BCUT2D eigenvalue weighted by Crippen LogP contribution is 2.21. The van der Waals surface area contributed by atoms with Crippen LogP contribution in [0.1, 0.15) is 17.0 Å². The Morgan fingerprint density at radius 3 is 2.79 bits per heavy atom. The van der Waals surface area contributed by atoms with Crippen molar-refractivity contribution < 1.29 is 17.6 Å². The first-order chi connectivity index (χ1) is 8.93. The average Bonchev–Trinajstić information content (AvgIpc) is 2.91. The van der Waals surface area contributed by atoms with Crippen LogP contribution in [0.2, 0.25) is 5.22 Å². The maximum Gasteiger partial charge on any atom is 0.290 e. The molecule has 1 aromatic heterocycles. The molecule has 2 heterocycles. The van der Waals surface area contributed by atoms with Crippen LogP contribution < -0.4 is 0 Å². The fourth-order valence-corrected chi connectivity index (χ4v) is 3.93. The van der Waals surface area contributed by atoms with E-state index in [9.17, 15) is 13.2 Å². The Morgan fingerprint density at radius 1 is 1.58 bits per heavy atom. The SMILES string of the molecule is C#CCN(C(=O)c1ccc(Cl)o1)C1CCS(=O)(=O)C1. The molecule has 0 radical (unpaired) electrons. The Hall–Kier alpha value is -1.45. The van der Waals surface area contributed by atoms with Crippen molar-refractivity contribution in [3.8, 4) is 12.3 Å². The molecule has 1 unspecified atom stereocenters. The van der Waals surface area contributed by atoms with E-state index < -0.39 is 21.8 Å². The monoisotopic (exact) mass is 301 g/mol. The second-order valence-electron chi connectivity index (χ2n) is 4.30. The predicted octanol–water partition coefficient (Wildman–Crippen LogP) is 1.20. The van der Waals surface area contributed by atoms with Crippen molar-refractivity contribution in [3.63, 3.8) is 0 Å². The van der Waals surface area contributed by atoms with E-state index in [1.807, 2.05) is 0 Å². The summed E-state index contributed by atoms with van der Waals surface area (Å²) in [5.41, 5.74) is 0. The third kappa shape index (κ3) is 3.11. The molecule has 1 aromatic rings. The number of terminal acetylenes is 1. The van der Waals surface area contributed by atoms with E-state index in [0.29, 0.717) is 6.42 Å². The van der Waals surface area contributed by atoms with Crippen molar-refractivity contribution in [1.82, 2.24) is 4.90 Å². The Bertz CT molecular complexity index is 628. The van der Waals surface area contributed by atoms with E-state index in [-0.39, 0.29) is 29.0 Å². The van der Waals surface area contributed by atoms with Crippen molar-refractivity contribution in [1.29, 1.82) is 0 Å². The lowest BCUT2D eigenvalue weighted by molar-refractivity contribution is 0.0692. The van der Waals surface area contributed by atoms with E-state index in [2.05, 4.69) is 5.92 Å². The van der Waals surface area contributed by atoms with Crippen LogP contribution in [0.15, 0.2) is 16.5 Å². The minimum absolute atomic E-state index is 0.0390. The molecule has 1 atom stereocenters. The fraction of sp³-hybridized carbons (Fsp3) is 0.417. The van der Waals surface area contributed by atoms with Gasteiger partial charge >= 0.3 is 0 Å². The predicted molar refractivity (Wildman–Crippen MR) is 70.6 cm³/mol. The van der Waals surface area contributed by atoms with Crippen molar-refractivity contribution in [2.75, 3.05) is 18.1 Å². The maximum atomic E-state index is 12.2. The summed E-state index contributed by atoms with van der Waals surface area (Å²) in [7, 11) is -3.09. The van der Waals surface area contributed by atoms with Gasteiger partial charge in [-0.05, 0) is 30.2 Å². The van der Waals surface area contributed by atoms with E-state index in [1.165, 1.54) is 17.0 Å². The zero-order chi connectivity index (χ0) is 14.0. The highest BCUT2D eigenvalue weighted by atomic mass is 35.5. The topological polar surface area (TPSA) is 67.6 Å². The lowest BCUT2D eigenvalue weighted by Gasteiger charge is -2.25. The minimum atomic E-state index is -3.09. The number of hydrogen-bond acceptors (Lipinski definition) is 4. The standard InChI is InChI=1S/C12H12ClNO4S/c1-2-6-14(9-5-7-19(16,17)8-9)12(15)10-3-4-11(13)18-10/h1,3-4,9H,5-8H2. The van der Waals surface area contributed by atoms with Crippen LogP contribution in [0.5, 0.6) is 0 Å². The first-order valence-electron chi connectivity index (χ1n) is 5.63. The molecule has 1 saturated heterocycles. The van der Waals surface area contributed by atoms with Gasteiger partial charge in [-0.25, -0.2) is 8.42 Å². The van der Waals surface area contributed by atoms with Crippen molar-refractivity contribution in [3.05, 3.63) is 23.1 Å². The number of halogens is 1. The zero-order valence-electron chi connectivity index (χ0n) is 10.0. The highest BCUT2D eigenvalue weighted by molar-refractivity contribution is 7.91. The molecule has 0 spiro atoms. The summed E-state index contributed by atoms with van der Waals surface area (Å²) in [5.74, 6) is 2.00. The molecule has 1 aliphatic rings. The Labute approximate surface area is 116 Å². The van der Waals surface area contributed by atoms with Gasteiger partial charge in [-0.3, -0.25) is 4.79 Å². The zero-order valence-corrected chi connectivity index (χ0v) is 11.6. The highest BCUT2D eigenvalue weighted by Gasteiger charge is 2.35. The van der Waals surface area contributed by atoms with E-state index in [4.69, 9.17) is 22.4 Å². The summed E-state index contributed by atoms with van der Waals surface area (Å²) >= 11 is 5.62. The van der Waals surface area contributed by atoms with Crippen LogP contribution in [0, 0.1) is 12.3 Å². The number of carbonyl (C=O) groups excluding carboxylic acids is 1. The van der Waals surface area contributed by atoms with Gasteiger partial charge in [0, 0.05) is 6.04 Å². The van der Waals surface area contributed by atoms with Gasteiger partial charge < -0.3 is 9.32 Å². The van der Waals surface area contributed by atoms with Gasteiger partial charge in [-0.1, -0.05) is 5.92 Å². The second kappa shape index (κ2) is 5.27. The summed E-state index contributed by atoms with van der Waals surface area (Å²) in [5, 5.41) is 0.100. The first-order valence-corrected chi connectivity index (χ1v) is 7.83. The number of hydrogen-bond donors (Lipinski definition) is 0. The molecule has 0 aromatic carbocycles. The van der Waals surface area contributed by atoms with E-state index in [1.54, 1.807) is 0 Å². The van der Waals surface area contributed by atoms with Crippen LogP contribution in [0.3, 0.4) is 0 Å². The quantitative estimate of drug-likeness (QED) is 0.787. The second-order valence-corrected chi connectivity index (χ2v) is 6.90. The number of carbonyl (C=O) groups is 1. The lowest BCUT2D eigenvalue weighted by Crippen LogP contribution is -2.41. The largest absolute Gasteiger partial charge is 0.440 e. The molecular formula is C12H12ClNO4S. The van der Waals surface area contributed by atoms with Crippen molar-refractivity contribution in [2.24, 2.45) is 0 Å². The van der Waals surface area contributed by atoms with Gasteiger partial charge in [0.1, 0.15) is 0 Å². The van der Waals surface area contributed by atoms with Gasteiger partial charge in [0.15, 0.2) is 20.8 Å². The molecule has 0 saturated carbocycles. The van der Waals surface area contributed by atoms with Crippen LogP contribution >= 0.6 is 11.6 Å². The number of furan rings is 1. The molecule has 1 amide bonds. The Kier molecular flexibility index (Phi) is 3.88. The average molecular weight is 302 g/mol. The number of amides is 1. The number of sulfone groups is 1. The molecule has 0 aliphatic carbocycles. The molecule has 19 heavy (non-hydrogen) atoms. The summed E-state index contributed by atoms with van der Waals surface area (Å²) in [6, 6.07) is 2.49. The third-order valence-electron chi connectivity index (χ3n) is 2.96. The number of rotatable bonds is 3. The summed E-state index contributed by atoms with van der Waals surface area (Å²) in [4.78, 5) is 13.6. The van der Waals surface area contributed by atoms with E-state index in [0.717, 1.165) is 0 Å². The lowest BCUT2D eigenvalue weighted by atomic mass is 10.2. The molecule has 7 heteroatoms.